The molecule has 0 bridgehead atoms. The summed E-state index contributed by atoms with van der Waals surface area (Å²) in [6.07, 6.45) is 0. The van der Waals surface area contributed by atoms with E-state index in [1.54, 1.807) is 0 Å². The highest BCUT2D eigenvalue weighted by Gasteiger charge is 2.39. The molecule has 0 aliphatic carbocycles. The Kier molecular flexibility index (Phi) is 6.73. The van der Waals surface area contributed by atoms with Crippen molar-refractivity contribution in [2.24, 2.45) is 10.2 Å². The van der Waals surface area contributed by atoms with Gasteiger partial charge in [-0.05, 0) is 21.3 Å². The number of rotatable bonds is 7. The van der Waals surface area contributed by atoms with Gasteiger partial charge in [-0.3, -0.25) is 50.0 Å². The van der Waals surface area contributed by atoms with E-state index in [9.17, 15) is 50.0 Å². The minimum atomic E-state index is -1.49. The zero-order valence-corrected chi connectivity index (χ0v) is 15.9. The second-order valence-electron chi connectivity index (χ2n) is 5.80. The quantitative estimate of drug-likeness (QED) is 0.184. The molecule has 0 spiro atoms. The molecule has 0 unspecified atom stereocenters. The average molecular weight is 472 g/mol. The third-order valence-corrected chi connectivity index (χ3v) is 4.00. The van der Waals surface area contributed by atoms with Crippen molar-refractivity contribution in [1.82, 2.24) is 0 Å². The second kappa shape index (κ2) is 9.43. The molecule has 34 heavy (non-hydrogen) atoms. The SMILES string of the molecule is [N-]=[N+]=NC(=O)c1cc([N+](=O)[O-])c(-c2c([N+](=O)[O-])cc(C(=O)N=[N+]=[N-])cc2[N+](=O)[O-])c([N+](=O)[O-])c1. The van der Waals surface area contributed by atoms with Crippen LogP contribution < -0.4 is 0 Å². The molecular weight excluding hydrogens is 468 g/mol. The summed E-state index contributed by atoms with van der Waals surface area (Å²) in [7, 11) is 0. The summed E-state index contributed by atoms with van der Waals surface area (Å²) in [5, 5.41) is 51.9. The number of azide groups is 2. The van der Waals surface area contributed by atoms with Crippen LogP contribution >= 0.6 is 0 Å². The number of nitrogens with zero attached hydrogens (tertiary/aromatic N) is 10. The van der Waals surface area contributed by atoms with Gasteiger partial charge in [0.2, 0.25) is 11.8 Å². The van der Waals surface area contributed by atoms with Gasteiger partial charge in [0, 0.05) is 45.2 Å². The molecule has 2 aromatic carbocycles. The maximum absolute atomic E-state index is 11.8. The zero-order valence-electron chi connectivity index (χ0n) is 15.9. The number of nitro groups is 4. The first-order chi connectivity index (χ1) is 15.9. The van der Waals surface area contributed by atoms with Crippen molar-refractivity contribution in [1.29, 1.82) is 0 Å². The van der Waals surface area contributed by atoms with Crippen molar-refractivity contribution in [2.45, 2.75) is 0 Å². The Hall–Kier alpha value is -6.00. The molecule has 0 aliphatic rings. The minimum Gasteiger partial charge on any atom is -0.287 e. The Bertz CT molecular complexity index is 1240. The fourth-order valence-corrected chi connectivity index (χ4v) is 2.76. The smallest absolute Gasteiger partial charge is 0.285 e. The fraction of sp³-hybridized carbons (Fsp3) is 0. The molecule has 0 fully saturated rings. The van der Waals surface area contributed by atoms with Gasteiger partial charge in [0.1, 0.15) is 0 Å². The monoisotopic (exact) mass is 472 g/mol. The Morgan fingerprint density at radius 3 is 1.03 bits per heavy atom. The third-order valence-electron chi connectivity index (χ3n) is 4.00. The van der Waals surface area contributed by atoms with E-state index < -0.39 is 76.5 Å². The van der Waals surface area contributed by atoms with Crippen LogP contribution in [0.3, 0.4) is 0 Å². The summed E-state index contributed by atoms with van der Waals surface area (Å²) in [5.41, 5.74) is 7.08. The normalized spacial score (nSPS) is 9.76. The molecule has 0 heterocycles. The van der Waals surface area contributed by atoms with E-state index in [1.807, 2.05) is 0 Å². The molecular formula is C14H4N10O10. The van der Waals surface area contributed by atoms with Crippen molar-refractivity contribution < 1.29 is 29.3 Å². The van der Waals surface area contributed by atoms with Crippen LogP contribution in [0.25, 0.3) is 32.0 Å². The van der Waals surface area contributed by atoms with Crippen LogP contribution in [-0.4, -0.2) is 31.5 Å². The highest BCUT2D eigenvalue weighted by atomic mass is 16.6. The van der Waals surface area contributed by atoms with E-state index >= 15 is 0 Å². The van der Waals surface area contributed by atoms with E-state index in [4.69, 9.17) is 11.1 Å². The van der Waals surface area contributed by atoms with Gasteiger partial charge in [-0.15, -0.1) is 0 Å². The Balaban J connectivity index is 3.19. The summed E-state index contributed by atoms with van der Waals surface area (Å²) in [6, 6.07) is 1.47. The van der Waals surface area contributed by atoms with Crippen LogP contribution in [0.2, 0.25) is 0 Å². The molecule has 0 atom stereocenters. The summed E-state index contributed by atoms with van der Waals surface area (Å²) < 4.78 is 0. The number of hydrogen-bond donors (Lipinski definition) is 0. The van der Waals surface area contributed by atoms with Crippen molar-refractivity contribution in [3.8, 4) is 11.1 Å². The first kappa shape index (κ1) is 24.3. The van der Waals surface area contributed by atoms with Crippen molar-refractivity contribution in [2.75, 3.05) is 0 Å². The lowest BCUT2D eigenvalue weighted by Crippen LogP contribution is -2.07. The Morgan fingerprint density at radius 2 is 0.853 bits per heavy atom. The molecule has 0 aliphatic heterocycles. The van der Waals surface area contributed by atoms with Gasteiger partial charge in [-0.1, -0.05) is 0 Å². The first-order valence-corrected chi connectivity index (χ1v) is 8.07. The van der Waals surface area contributed by atoms with Crippen molar-refractivity contribution in [3.63, 3.8) is 0 Å². The van der Waals surface area contributed by atoms with Gasteiger partial charge in [0.25, 0.3) is 22.7 Å². The van der Waals surface area contributed by atoms with Gasteiger partial charge in [-0.2, -0.15) is 0 Å². The number of carbonyl (C=O) groups excluding carboxylic acids is 2. The maximum atomic E-state index is 11.8. The third kappa shape index (κ3) is 4.51. The van der Waals surface area contributed by atoms with E-state index in [0.717, 1.165) is 0 Å². The minimum absolute atomic E-state index is 0.367. The highest BCUT2D eigenvalue weighted by molar-refractivity contribution is 6.03. The van der Waals surface area contributed by atoms with Gasteiger partial charge in [0.05, 0.1) is 19.7 Å². The number of amides is 2. The molecule has 0 N–H and O–H groups in total. The molecule has 2 rings (SSSR count). The summed E-state index contributed by atoms with van der Waals surface area (Å²) in [5.74, 6) is -2.97. The Labute approximate surface area is 182 Å². The van der Waals surface area contributed by atoms with Crippen LogP contribution in [0, 0.1) is 40.5 Å². The van der Waals surface area contributed by atoms with Crippen LogP contribution in [0.1, 0.15) is 20.7 Å². The van der Waals surface area contributed by atoms with Crippen molar-refractivity contribution >= 4 is 34.6 Å². The molecule has 20 nitrogen and oxygen atoms in total. The first-order valence-electron chi connectivity index (χ1n) is 8.07. The number of carbonyl (C=O) groups is 2. The van der Waals surface area contributed by atoms with E-state index in [-0.39, 0.29) is 0 Å². The average Bonchev–Trinajstić information content (AvgIpc) is 2.77. The lowest BCUT2D eigenvalue weighted by Gasteiger charge is -2.09. The largest absolute Gasteiger partial charge is 0.287 e. The van der Waals surface area contributed by atoms with Crippen LogP contribution in [0.4, 0.5) is 22.7 Å². The molecule has 0 saturated carbocycles. The van der Waals surface area contributed by atoms with Gasteiger partial charge in [0.15, 0.2) is 11.1 Å². The standard InChI is InChI=1S/C14H4N10O10/c15-19-17-13(25)5-1-7(21(27)28)11(8(2-5)22(29)30)12-9(23(31)32)3-6(14(26)18-20-16)4-10(12)24(33)34/h1-4H. The topological polar surface area (TPSA) is 304 Å². The second-order valence-corrected chi connectivity index (χ2v) is 5.80. The zero-order chi connectivity index (χ0) is 25.7. The van der Waals surface area contributed by atoms with Gasteiger partial charge >= 0.3 is 0 Å². The van der Waals surface area contributed by atoms with E-state index in [1.165, 1.54) is 0 Å². The molecule has 20 heteroatoms. The number of nitro benzene ring substituents is 4. The lowest BCUT2D eigenvalue weighted by molar-refractivity contribution is -0.397. The maximum Gasteiger partial charge on any atom is 0.285 e. The molecule has 170 valence electrons. The number of hydrogen-bond acceptors (Lipinski definition) is 10. The fourth-order valence-electron chi connectivity index (χ4n) is 2.76. The van der Waals surface area contributed by atoms with E-state index in [2.05, 4.69) is 20.1 Å². The van der Waals surface area contributed by atoms with Crippen molar-refractivity contribution in [3.05, 3.63) is 96.7 Å². The predicted molar refractivity (Wildman–Crippen MR) is 105 cm³/mol. The number of benzene rings is 2. The molecule has 0 radical (unpaired) electrons. The summed E-state index contributed by atoms with van der Waals surface area (Å²) in [6.45, 7) is 0. The van der Waals surface area contributed by atoms with E-state index in [0.29, 0.717) is 24.3 Å². The molecule has 2 aromatic rings. The molecule has 0 saturated heterocycles. The molecule has 0 aromatic heterocycles. The van der Waals surface area contributed by atoms with Gasteiger partial charge < -0.3 is 0 Å². The summed E-state index contributed by atoms with van der Waals surface area (Å²) >= 11 is 0. The van der Waals surface area contributed by atoms with Gasteiger partial charge in [-0.25, -0.2) is 0 Å². The van der Waals surface area contributed by atoms with Crippen LogP contribution in [-0.2, 0) is 0 Å². The van der Waals surface area contributed by atoms with Crippen LogP contribution in [0.5, 0.6) is 0 Å². The Morgan fingerprint density at radius 1 is 0.618 bits per heavy atom. The summed E-state index contributed by atoms with van der Waals surface area (Å²) in [4.78, 5) is 69.2. The van der Waals surface area contributed by atoms with Crippen LogP contribution in [0.15, 0.2) is 34.5 Å². The lowest BCUT2D eigenvalue weighted by atomic mass is 9.94. The predicted octanol–water partition coefficient (Wildman–Crippen LogP) is 3.89. The highest BCUT2D eigenvalue weighted by Crippen LogP contribution is 2.48. The molecule has 2 amide bonds.